The molecule has 13 aromatic rings. The van der Waals surface area contributed by atoms with E-state index in [1.807, 2.05) is 6.07 Å². The van der Waals surface area contributed by atoms with Gasteiger partial charge in [0.15, 0.2) is 0 Å². The van der Waals surface area contributed by atoms with Crippen molar-refractivity contribution in [3.8, 4) is 39.1 Å². The van der Waals surface area contributed by atoms with Gasteiger partial charge in [-0.15, -0.1) is 0 Å². The summed E-state index contributed by atoms with van der Waals surface area (Å²) in [6.07, 6.45) is 0. The van der Waals surface area contributed by atoms with Crippen molar-refractivity contribution in [2.45, 2.75) is 0 Å². The minimum absolute atomic E-state index is 0.883. The van der Waals surface area contributed by atoms with Gasteiger partial charge in [0.2, 0.25) is 0 Å². The lowest BCUT2D eigenvalue weighted by atomic mass is 9.91. The van der Waals surface area contributed by atoms with Crippen molar-refractivity contribution in [2.24, 2.45) is 0 Å². The van der Waals surface area contributed by atoms with Crippen molar-refractivity contribution in [1.29, 1.82) is 0 Å². The van der Waals surface area contributed by atoms with Crippen molar-refractivity contribution >= 4 is 82.4 Å². The SMILES string of the molecule is c1ccc(-c2ccc(-c3cc4ccccc4c4ccccc34)cc2N(c2ccc(-n3c4ccccc4c4ccccc43)cc2)c2cccc(-c3cccc4oc5ccccc5c34)c2)cc1. The van der Waals surface area contributed by atoms with Crippen LogP contribution < -0.4 is 4.90 Å². The molecule has 13 rings (SSSR count). The van der Waals surface area contributed by atoms with Gasteiger partial charge >= 0.3 is 0 Å². The highest BCUT2D eigenvalue weighted by molar-refractivity contribution is 6.15. The zero-order valence-corrected chi connectivity index (χ0v) is 35.4. The number of rotatable bonds is 7. The van der Waals surface area contributed by atoms with Gasteiger partial charge in [-0.1, -0.05) is 170 Å². The lowest BCUT2D eigenvalue weighted by Gasteiger charge is -2.29. The number of anilines is 3. The summed E-state index contributed by atoms with van der Waals surface area (Å²) in [6.45, 7) is 0. The molecule has 3 heteroatoms. The van der Waals surface area contributed by atoms with Crippen molar-refractivity contribution in [1.82, 2.24) is 4.57 Å². The van der Waals surface area contributed by atoms with Crippen LogP contribution in [0.4, 0.5) is 17.1 Å². The minimum atomic E-state index is 0.883. The monoisotopic (exact) mass is 828 g/mol. The zero-order chi connectivity index (χ0) is 42.8. The Kier molecular flexibility index (Phi) is 8.53. The van der Waals surface area contributed by atoms with E-state index < -0.39 is 0 Å². The number of para-hydroxylation sites is 3. The first-order chi connectivity index (χ1) is 32.2. The van der Waals surface area contributed by atoms with Gasteiger partial charge in [0.05, 0.1) is 16.7 Å². The maximum absolute atomic E-state index is 6.39. The maximum atomic E-state index is 6.39. The second kappa shape index (κ2) is 15.0. The summed E-state index contributed by atoms with van der Waals surface area (Å²) in [5.74, 6) is 0. The number of nitrogens with zero attached hydrogens (tertiary/aromatic N) is 2. The molecule has 0 fully saturated rings. The van der Waals surface area contributed by atoms with Crippen molar-refractivity contribution in [3.63, 3.8) is 0 Å². The van der Waals surface area contributed by atoms with Crippen molar-refractivity contribution < 1.29 is 4.42 Å². The quantitative estimate of drug-likeness (QED) is 0.149. The number of hydrogen-bond donors (Lipinski definition) is 0. The Balaban J connectivity index is 1.06. The average Bonchev–Trinajstić information content (AvgIpc) is 3.93. The molecule has 0 bridgehead atoms. The standard InChI is InChI=1S/C62H40N2O/c1-2-16-41(17-3-1)49-37-32-44(56-39-43-18-4-5-21-48(43)51-22-6-7-23-52(51)56)40-59(49)63(45-33-35-46(36-34-45)64-57-28-11-8-24-53(57)54-25-9-12-29-58(54)64)47-20-14-19-42(38-47)50-27-15-31-61-62(50)55-26-10-13-30-60(55)65-61/h1-40H. The topological polar surface area (TPSA) is 21.3 Å². The molecule has 3 nitrogen and oxygen atoms in total. The molecule has 0 saturated carbocycles. The van der Waals surface area contributed by atoms with Gasteiger partial charge in [-0.3, -0.25) is 0 Å². The molecule has 0 aliphatic carbocycles. The first-order valence-corrected chi connectivity index (χ1v) is 22.2. The zero-order valence-electron chi connectivity index (χ0n) is 35.4. The van der Waals surface area contributed by atoms with E-state index in [-0.39, 0.29) is 0 Å². The molecule has 0 aliphatic rings. The van der Waals surface area contributed by atoms with E-state index in [2.05, 4.69) is 246 Å². The Morgan fingerprint density at radius 3 is 1.71 bits per heavy atom. The lowest BCUT2D eigenvalue weighted by Crippen LogP contribution is -2.12. The molecule has 65 heavy (non-hydrogen) atoms. The highest BCUT2D eigenvalue weighted by atomic mass is 16.3. The fourth-order valence-electron chi connectivity index (χ4n) is 10.2. The Hall–Kier alpha value is -8.66. The first-order valence-electron chi connectivity index (χ1n) is 22.2. The first kappa shape index (κ1) is 36.9. The second-order valence-corrected chi connectivity index (χ2v) is 16.8. The molecule has 0 saturated heterocycles. The lowest BCUT2D eigenvalue weighted by molar-refractivity contribution is 0.669. The van der Waals surface area contributed by atoms with Crippen LogP contribution >= 0.6 is 0 Å². The van der Waals surface area contributed by atoms with Crippen LogP contribution in [0.25, 0.3) is 104 Å². The van der Waals surface area contributed by atoms with Crippen molar-refractivity contribution in [3.05, 3.63) is 243 Å². The molecule has 0 spiro atoms. The van der Waals surface area contributed by atoms with Gasteiger partial charge in [0.25, 0.3) is 0 Å². The Bertz CT molecular complexity index is 3900. The van der Waals surface area contributed by atoms with Crippen LogP contribution in [0.15, 0.2) is 247 Å². The Labute approximate surface area is 376 Å². The summed E-state index contributed by atoms with van der Waals surface area (Å²) in [4.78, 5) is 2.45. The summed E-state index contributed by atoms with van der Waals surface area (Å²) in [5, 5.41) is 9.69. The van der Waals surface area contributed by atoms with Gasteiger partial charge < -0.3 is 13.9 Å². The number of hydrogen-bond acceptors (Lipinski definition) is 2. The third-order valence-corrected chi connectivity index (χ3v) is 13.2. The van der Waals surface area contributed by atoms with Gasteiger partial charge in [-0.25, -0.2) is 0 Å². The van der Waals surface area contributed by atoms with E-state index in [0.29, 0.717) is 0 Å². The summed E-state index contributed by atoms with van der Waals surface area (Å²) in [6, 6.07) is 87.9. The van der Waals surface area contributed by atoms with Crippen LogP contribution in [0.5, 0.6) is 0 Å². The molecule has 0 radical (unpaired) electrons. The largest absolute Gasteiger partial charge is 0.456 e. The number of benzene rings is 11. The molecule has 11 aromatic carbocycles. The van der Waals surface area contributed by atoms with E-state index in [1.165, 1.54) is 48.9 Å². The Morgan fingerprint density at radius 2 is 0.923 bits per heavy atom. The number of furan rings is 1. The van der Waals surface area contributed by atoms with Crippen LogP contribution in [0.3, 0.4) is 0 Å². The molecule has 304 valence electrons. The van der Waals surface area contributed by atoms with Crippen molar-refractivity contribution in [2.75, 3.05) is 4.90 Å². The molecule has 2 aromatic heterocycles. The second-order valence-electron chi connectivity index (χ2n) is 16.8. The Morgan fingerprint density at radius 1 is 0.323 bits per heavy atom. The van der Waals surface area contributed by atoms with Crippen LogP contribution in [0, 0.1) is 0 Å². The molecule has 0 aliphatic heterocycles. The van der Waals surface area contributed by atoms with Crippen LogP contribution in [0.2, 0.25) is 0 Å². The summed E-state index contributed by atoms with van der Waals surface area (Å²) >= 11 is 0. The van der Waals surface area contributed by atoms with E-state index >= 15 is 0 Å². The summed E-state index contributed by atoms with van der Waals surface area (Å²) in [7, 11) is 0. The third-order valence-electron chi connectivity index (χ3n) is 13.2. The average molecular weight is 829 g/mol. The summed E-state index contributed by atoms with van der Waals surface area (Å²) < 4.78 is 8.78. The van der Waals surface area contributed by atoms with Crippen LogP contribution in [-0.2, 0) is 0 Å². The fourth-order valence-corrected chi connectivity index (χ4v) is 10.2. The molecule has 0 atom stereocenters. The fraction of sp³-hybridized carbons (Fsp3) is 0. The third kappa shape index (κ3) is 6.05. The predicted molar refractivity (Wildman–Crippen MR) is 274 cm³/mol. The van der Waals surface area contributed by atoms with E-state index in [1.54, 1.807) is 0 Å². The molecule has 0 N–H and O–H groups in total. The van der Waals surface area contributed by atoms with E-state index in [4.69, 9.17) is 4.42 Å². The van der Waals surface area contributed by atoms with Gasteiger partial charge in [-0.05, 0) is 122 Å². The van der Waals surface area contributed by atoms with Crippen LogP contribution in [0.1, 0.15) is 0 Å². The smallest absolute Gasteiger partial charge is 0.136 e. The predicted octanol–water partition coefficient (Wildman–Crippen LogP) is 17.5. The van der Waals surface area contributed by atoms with Crippen LogP contribution in [-0.4, -0.2) is 4.57 Å². The van der Waals surface area contributed by atoms with Gasteiger partial charge in [0, 0.05) is 44.2 Å². The van der Waals surface area contributed by atoms with E-state index in [0.717, 1.165) is 72.5 Å². The highest BCUT2D eigenvalue weighted by Gasteiger charge is 2.22. The molecular formula is C62H40N2O. The number of fused-ring (bicyclic) bond motifs is 9. The normalized spacial score (nSPS) is 11.7. The minimum Gasteiger partial charge on any atom is -0.456 e. The molecule has 0 amide bonds. The van der Waals surface area contributed by atoms with Gasteiger partial charge in [0.1, 0.15) is 11.2 Å². The van der Waals surface area contributed by atoms with Gasteiger partial charge in [-0.2, -0.15) is 0 Å². The number of aromatic nitrogens is 1. The molecular weight excluding hydrogens is 789 g/mol. The molecule has 2 heterocycles. The van der Waals surface area contributed by atoms with E-state index in [9.17, 15) is 0 Å². The molecule has 0 unspecified atom stereocenters. The maximum Gasteiger partial charge on any atom is 0.136 e. The highest BCUT2D eigenvalue weighted by Crippen LogP contribution is 2.46. The summed E-state index contributed by atoms with van der Waals surface area (Å²) in [5.41, 5.74) is 15.3.